The molecular formula is C14H19NO3. The summed E-state index contributed by atoms with van der Waals surface area (Å²) in [6.07, 6.45) is 0. The zero-order valence-electron chi connectivity index (χ0n) is 11.2. The first-order valence-electron chi connectivity index (χ1n) is 5.82. The first kappa shape index (κ1) is 14.2. The van der Waals surface area contributed by atoms with Crippen molar-refractivity contribution in [2.24, 2.45) is 11.3 Å². The molecule has 0 heterocycles. The number of benzene rings is 1. The van der Waals surface area contributed by atoms with E-state index < -0.39 is 23.2 Å². The number of carboxylic acid groups (broad SMARTS) is 1. The number of rotatable bonds is 3. The van der Waals surface area contributed by atoms with Crippen LogP contribution in [-0.2, 0) is 9.59 Å². The van der Waals surface area contributed by atoms with Crippen LogP contribution in [0.15, 0.2) is 24.3 Å². The van der Waals surface area contributed by atoms with E-state index in [4.69, 9.17) is 5.11 Å². The Hall–Kier alpha value is -1.84. The van der Waals surface area contributed by atoms with Crippen LogP contribution in [0.2, 0.25) is 0 Å². The van der Waals surface area contributed by atoms with Crippen LogP contribution in [0.25, 0.3) is 0 Å². The average molecular weight is 249 g/mol. The smallest absolute Gasteiger partial charge is 0.316 e. The Kier molecular flexibility index (Phi) is 4.11. The highest BCUT2D eigenvalue weighted by atomic mass is 16.4. The van der Waals surface area contributed by atoms with Crippen LogP contribution in [0.3, 0.4) is 0 Å². The highest BCUT2D eigenvalue weighted by molar-refractivity contribution is 6.04. The molecule has 0 radical (unpaired) electrons. The maximum Gasteiger partial charge on any atom is 0.316 e. The first-order valence-corrected chi connectivity index (χ1v) is 5.82. The van der Waals surface area contributed by atoms with E-state index in [9.17, 15) is 9.59 Å². The van der Waals surface area contributed by atoms with Crippen LogP contribution in [0.4, 0.5) is 5.69 Å². The SMILES string of the molecule is Cc1ccc(NC(=O)C(C(=O)O)C(C)(C)C)cc1. The van der Waals surface area contributed by atoms with Crippen LogP contribution in [0.1, 0.15) is 26.3 Å². The van der Waals surface area contributed by atoms with Gasteiger partial charge in [0, 0.05) is 5.69 Å². The highest BCUT2D eigenvalue weighted by Gasteiger charge is 2.37. The summed E-state index contributed by atoms with van der Waals surface area (Å²) in [5.41, 5.74) is 1.07. The molecule has 18 heavy (non-hydrogen) atoms. The number of aryl methyl sites for hydroxylation is 1. The lowest BCUT2D eigenvalue weighted by Crippen LogP contribution is -2.39. The van der Waals surface area contributed by atoms with Crippen molar-refractivity contribution >= 4 is 17.6 Å². The lowest BCUT2D eigenvalue weighted by Gasteiger charge is -2.25. The minimum absolute atomic E-state index is 0.487. The zero-order valence-corrected chi connectivity index (χ0v) is 11.2. The molecule has 0 aliphatic heterocycles. The molecule has 0 saturated carbocycles. The van der Waals surface area contributed by atoms with Crippen LogP contribution in [-0.4, -0.2) is 17.0 Å². The summed E-state index contributed by atoms with van der Waals surface area (Å²) < 4.78 is 0. The van der Waals surface area contributed by atoms with Crippen molar-refractivity contribution in [2.75, 3.05) is 5.32 Å². The van der Waals surface area contributed by atoms with Gasteiger partial charge in [-0.25, -0.2) is 0 Å². The molecule has 1 atom stereocenters. The second-order valence-electron chi connectivity index (χ2n) is 5.49. The van der Waals surface area contributed by atoms with E-state index in [2.05, 4.69) is 5.32 Å². The van der Waals surface area contributed by atoms with Crippen molar-refractivity contribution in [1.82, 2.24) is 0 Å². The lowest BCUT2D eigenvalue weighted by molar-refractivity contribution is -0.149. The number of hydrogen-bond donors (Lipinski definition) is 2. The van der Waals surface area contributed by atoms with Crippen molar-refractivity contribution in [2.45, 2.75) is 27.7 Å². The topological polar surface area (TPSA) is 66.4 Å². The molecule has 0 saturated heterocycles. The predicted molar refractivity (Wildman–Crippen MR) is 70.4 cm³/mol. The molecule has 4 heteroatoms. The van der Waals surface area contributed by atoms with Crippen LogP contribution in [0.5, 0.6) is 0 Å². The maximum absolute atomic E-state index is 12.0. The fraction of sp³-hybridized carbons (Fsp3) is 0.429. The third-order valence-electron chi connectivity index (χ3n) is 2.69. The number of hydrogen-bond acceptors (Lipinski definition) is 2. The Balaban J connectivity index is 2.86. The minimum atomic E-state index is -1.10. The van der Waals surface area contributed by atoms with E-state index in [1.54, 1.807) is 32.9 Å². The van der Waals surface area contributed by atoms with E-state index in [1.807, 2.05) is 19.1 Å². The summed E-state index contributed by atoms with van der Waals surface area (Å²) in [6, 6.07) is 7.24. The summed E-state index contributed by atoms with van der Waals surface area (Å²) in [5.74, 6) is -2.66. The number of nitrogens with one attached hydrogen (secondary N) is 1. The van der Waals surface area contributed by atoms with Gasteiger partial charge in [-0.1, -0.05) is 38.5 Å². The molecule has 0 fully saturated rings. The van der Waals surface area contributed by atoms with Gasteiger partial charge in [-0.15, -0.1) is 0 Å². The van der Waals surface area contributed by atoms with Crippen molar-refractivity contribution in [3.63, 3.8) is 0 Å². The number of anilines is 1. The van der Waals surface area contributed by atoms with Gasteiger partial charge in [0.25, 0.3) is 0 Å². The van der Waals surface area contributed by atoms with E-state index in [1.165, 1.54) is 0 Å². The molecule has 0 spiro atoms. The zero-order chi connectivity index (χ0) is 13.9. The molecule has 98 valence electrons. The normalized spacial score (nSPS) is 12.9. The monoisotopic (exact) mass is 249 g/mol. The predicted octanol–water partition coefficient (Wildman–Crippen LogP) is 2.68. The molecule has 0 aliphatic rings. The lowest BCUT2D eigenvalue weighted by atomic mass is 9.80. The quantitative estimate of drug-likeness (QED) is 0.809. The Labute approximate surface area is 107 Å². The summed E-state index contributed by atoms with van der Waals surface area (Å²) in [4.78, 5) is 23.2. The molecule has 0 aliphatic carbocycles. The summed E-state index contributed by atoms with van der Waals surface area (Å²) in [5, 5.41) is 11.8. The third kappa shape index (κ3) is 3.58. The van der Waals surface area contributed by atoms with E-state index in [-0.39, 0.29) is 0 Å². The summed E-state index contributed by atoms with van der Waals surface area (Å²) in [7, 11) is 0. The molecule has 1 unspecified atom stereocenters. The first-order chi connectivity index (χ1) is 8.21. The summed E-state index contributed by atoms with van der Waals surface area (Å²) >= 11 is 0. The van der Waals surface area contributed by atoms with Crippen molar-refractivity contribution in [3.8, 4) is 0 Å². The second kappa shape index (κ2) is 5.21. The van der Waals surface area contributed by atoms with Crippen LogP contribution >= 0.6 is 0 Å². The van der Waals surface area contributed by atoms with Crippen molar-refractivity contribution in [3.05, 3.63) is 29.8 Å². The van der Waals surface area contributed by atoms with Crippen LogP contribution < -0.4 is 5.32 Å². The standard InChI is InChI=1S/C14H19NO3/c1-9-5-7-10(8-6-9)15-12(16)11(13(17)18)14(2,3)4/h5-8,11H,1-4H3,(H,15,16)(H,17,18). The maximum atomic E-state index is 12.0. The van der Waals surface area contributed by atoms with Gasteiger partial charge in [-0.05, 0) is 24.5 Å². The molecule has 1 aromatic carbocycles. The van der Waals surface area contributed by atoms with Gasteiger partial charge in [-0.3, -0.25) is 9.59 Å². The average Bonchev–Trinajstić information content (AvgIpc) is 2.18. The Morgan fingerprint density at radius 1 is 1.17 bits per heavy atom. The van der Waals surface area contributed by atoms with Crippen LogP contribution in [0, 0.1) is 18.3 Å². The number of amides is 1. The third-order valence-corrected chi connectivity index (χ3v) is 2.69. The fourth-order valence-corrected chi connectivity index (χ4v) is 1.73. The molecule has 4 nitrogen and oxygen atoms in total. The van der Waals surface area contributed by atoms with Gasteiger partial charge in [0.2, 0.25) is 5.91 Å². The van der Waals surface area contributed by atoms with Gasteiger partial charge in [-0.2, -0.15) is 0 Å². The summed E-state index contributed by atoms with van der Waals surface area (Å²) in [6.45, 7) is 7.16. The number of aliphatic carboxylic acids is 1. The Bertz CT molecular complexity index is 443. The molecule has 1 amide bonds. The molecular weight excluding hydrogens is 230 g/mol. The number of carbonyl (C=O) groups excluding carboxylic acids is 1. The highest BCUT2D eigenvalue weighted by Crippen LogP contribution is 2.27. The van der Waals surface area contributed by atoms with Gasteiger partial charge in [0.1, 0.15) is 5.92 Å². The molecule has 1 aromatic rings. The van der Waals surface area contributed by atoms with E-state index in [0.29, 0.717) is 5.69 Å². The van der Waals surface area contributed by atoms with Gasteiger partial charge in [0.05, 0.1) is 0 Å². The van der Waals surface area contributed by atoms with E-state index in [0.717, 1.165) is 5.56 Å². The van der Waals surface area contributed by atoms with Gasteiger partial charge >= 0.3 is 5.97 Å². The fourth-order valence-electron chi connectivity index (χ4n) is 1.73. The number of carboxylic acids is 1. The Morgan fingerprint density at radius 3 is 2.06 bits per heavy atom. The van der Waals surface area contributed by atoms with E-state index >= 15 is 0 Å². The van der Waals surface area contributed by atoms with Crippen molar-refractivity contribution in [1.29, 1.82) is 0 Å². The molecule has 0 bridgehead atoms. The second-order valence-corrected chi connectivity index (χ2v) is 5.49. The Morgan fingerprint density at radius 2 is 1.67 bits per heavy atom. The molecule has 1 rings (SSSR count). The number of carbonyl (C=O) groups is 2. The molecule has 0 aromatic heterocycles. The van der Waals surface area contributed by atoms with Gasteiger partial charge < -0.3 is 10.4 Å². The molecule has 2 N–H and O–H groups in total. The van der Waals surface area contributed by atoms with Gasteiger partial charge in [0.15, 0.2) is 0 Å². The largest absolute Gasteiger partial charge is 0.481 e. The van der Waals surface area contributed by atoms with Crippen molar-refractivity contribution < 1.29 is 14.7 Å². The minimum Gasteiger partial charge on any atom is -0.481 e.